The zero-order valence-electron chi connectivity index (χ0n) is 13.4. The predicted molar refractivity (Wildman–Crippen MR) is 84.6 cm³/mol. The fraction of sp³-hybridized carbons (Fsp3) is 0.412. The van der Waals surface area contributed by atoms with Gasteiger partial charge in [0.2, 0.25) is 0 Å². The van der Waals surface area contributed by atoms with Crippen molar-refractivity contribution >= 4 is 11.9 Å². The number of likely N-dealkylation sites (tertiary alicyclic amines) is 1. The van der Waals surface area contributed by atoms with Crippen molar-refractivity contribution in [1.82, 2.24) is 19.9 Å². The highest BCUT2D eigenvalue weighted by Gasteiger charge is 2.59. The molecule has 1 saturated carbocycles. The zero-order chi connectivity index (χ0) is 17.6. The molecule has 1 aromatic heterocycles. The molecular formula is C17H17FN4O3. The van der Waals surface area contributed by atoms with Crippen molar-refractivity contribution in [3.63, 3.8) is 0 Å². The molecule has 1 saturated heterocycles. The number of hydrogen-bond acceptors (Lipinski definition) is 4. The first kappa shape index (κ1) is 15.7. The second-order valence-corrected chi connectivity index (χ2v) is 6.75. The van der Waals surface area contributed by atoms with Gasteiger partial charge in [-0.2, -0.15) is 9.90 Å². The minimum absolute atomic E-state index is 0.117. The average molecular weight is 344 g/mol. The highest BCUT2D eigenvalue weighted by atomic mass is 19.1. The van der Waals surface area contributed by atoms with Gasteiger partial charge in [0.15, 0.2) is 5.69 Å². The average Bonchev–Trinajstić information content (AvgIpc) is 3.09. The lowest BCUT2D eigenvalue weighted by Gasteiger charge is -2.32. The fourth-order valence-corrected chi connectivity index (χ4v) is 3.63. The number of carboxylic acids is 1. The van der Waals surface area contributed by atoms with E-state index in [2.05, 4.69) is 10.2 Å². The number of benzene rings is 1. The lowest BCUT2D eigenvalue weighted by Crippen LogP contribution is -2.40. The molecule has 1 spiro atoms. The lowest BCUT2D eigenvalue weighted by atomic mass is 9.90. The van der Waals surface area contributed by atoms with Crippen LogP contribution in [0.1, 0.15) is 29.8 Å². The van der Waals surface area contributed by atoms with Gasteiger partial charge in [0, 0.05) is 13.1 Å². The molecule has 1 N–H and O–H groups in total. The first-order valence-electron chi connectivity index (χ1n) is 8.19. The number of hydrogen-bond donors (Lipinski definition) is 1. The van der Waals surface area contributed by atoms with E-state index in [1.165, 1.54) is 35.3 Å². The predicted octanol–water partition coefficient (Wildman–Crippen LogP) is 1.73. The summed E-state index contributed by atoms with van der Waals surface area (Å²) in [6, 6.07) is 5.68. The quantitative estimate of drug-likeness (QED) is 0.916. The Hall–Kier alpha value is -2.77. The van der Waals surface area contributed by atoms with Gasteiger partial charge in [-0.05, 0) is 48.9 Å². The van der Waals surface area contributed by atoms with E-state index >= 15 is 0 Å². The van der Waals surface area contributed by atoms with Crippen LogP contribution in [0.3, 0.4) is 0 Å². The van der Waals surface area contributed by atoms with E-state index in [0.717, 1.165) is 0 Å². The number of rotatable bonds is 3. The Bertz CT molecular complexity index is 825. The molecule has 2 heterocycles. The van der Waals surface area contributed by atoms with Crippen molar-refractivity contribution in [2.45, 2.75) is 19.3 Å². The number of amides is 1. The van der Waals surface area contributed by atoms with Gasteiger partial charge in [-0.15, -0.1) is 5.10 Å². The number of aromatic nitrogens is 3. The van der Waals surface area contributed by atoms with Gasteiger partial charge in [-0.25, -0.2) is 4.39 Å². The van der Waals surface area contributed by atoms with E-state index in [9.17, 15) is 14.0 Å². The van der Waals surface area contributed by atoms with Crippen molar-refractivity contribution in [2.24, 2.45) is 11.3 Å². The molecule has 8 heteroatoms. The summed E-state index contributed by atoms with van der Waals surface area (Å²) in [5, 5.41) is 17.4. The topological polar surface area (TPSA) is 88.3 Å². The number of aliphatic carboxylic acids is 1. The van der Waals surface area contributed by atoms with Crippen LogP contribution in [0, 0.1) is 17.2 Å². The van der Waals surface area contributed by atoms with E-state index < -0.39 is 5.97 Å². The molecule has 2 aliphatic rings. The summed E-state index contributed by atoms with van der Waals surface area (Å²) in [6.07, 6.45) is 3.53. The second-order valence-electron chi connectivity index (χ2n) is 6.75. The summed E-state index contributed by atoms with van der Waals surface area (Å²) < 4.78 is 13.0. The maximum atomic E-state index is 13.0. The van der Waals surface area contributed by atoms with Crippen LogP contribution in [0.4, 0.5) is 4.39 Å². The van der Waals surface area contributed by atoms with Crippen molar-refractivity contribution in [3.05, 3.63) is 42.0 Å². The van der Waals surface area contributed by atoms with Crippen molar-refractivity contribution in [2.75, 3.05) is 13.1 Å². The number of carboxylic acid groups (broad SMARTS) is 1. The van der Waals surface area contributed by atoms with Crippen LogP contribution in [0.15, 0.2) is 30.5 Å². The summed E-state index contributed by atoms with van der Waals surface area (Å²) in [5.74, 6) is -1.56. The number of piperidine rings is 1. The van der Waals surface area contributed by atoms with Gasteiger partial charge < -0.3 is 10.0 Å². The van der Waals surface area contributed by atoms with Crippen molar-refractivity contribution in [1.29, 1.82) is 0 Å². The van der Waals surface area contributed by atoms with Gasteiger partial charge in [0.1, 0.15) is 5.82 Å². The summed E-state index contributed by atoms with van der Waals surface area (Å²) in [4.78, 5) is 26.7. The van der Waals surface area contributed by atoms with Crippen LogP contribution in [0.2, 0.25) is 0 Å². The monoisotopic (exact) mass is 344 g/mol. The summed E-state index contributed by atoms with van der Waals surface area (Å²) in [6.45, 7) is 1.07. The first-order valence-corrected chi connectivity index (χ1v) is 8.19. The third-order valence-corrected chi connectivity index (χ3v) is 5.30. The van der Waals surface area contributed by atoms with Crippen LogP contribution < -0.4 is 0 Å². The van der Waals surface area contributed by atoms with E-state index in [4.69, 9.17) is 5.11 Å². The smallest absolute Gasteiger partial charge is 0.307 e. The Balaban J connectivity index is 1.42. The van der Waals surface area contributed by atoms with Gasteiger partial charge in [-0.3, -0.25) is 9.59 Å². The summed E-state index contributed by atoms with van der Waals surface area (Å²) >= 11 is 0. The SMILES string of the molecule is O=C(O)C1CC12CCN(C(=O)c1cnn(-c3ccc(F)cc3)n1)CC2. The molecule has 130 valence electrons. The fourth-order valence-electron chi connectivity index (χ4n) is 3.63. The number of nitrogens with zero attached hydrogens (tertiary/aromatic N) is 4. The highest BCUT2D eigenvalue weighted by molar-refractivity contribution is 5.92. The number of carbonyl (C=O) groups is 2. The van der Waals surface area contributed by atoms with E-state index in [1.807, 2.05) is 0 Å². The molecule has 1 aliphatic carbocycles. The molecule has 1 aliphatic heterocycles. The molecule has 1 unspecified atom stereocenters. The largest absolute Gasteiger partial charge is 0.481 e. The van der Waals surface area contributed by atoms with Crippen LogP contribution in [0.25, 0.3) is 5.69 Å². The molecular weight excluding hydrogens is 327 g/mol. The molecule has 2 aromatic rings. The van der Waals surface area contributed by atoms with Crippen LogP contribution in [-0.4, -0.2) is 50.0 Å². The molecule has 7 nitrogen and oxygen atoms in total. The van der Waals surface area contributed by atoms with Gasteiger partial charge in [0.25, 0.3) is 5.91 Å². The summed E-state index contributed by atoms with van der Waals surface area (Å²) in [5.41, 5.74) is 0.681. The zero-order valence-corrected chi connectivity index (χ0v) is 13.4. The third-order valence-electron chi connectivity index (χ3n) is 5.30. The molecule has 25 heavy (non-hydrogen) atoms. The molecule has 1 aromatic carbocycles. The highest BCUT2D eigenvalue weighted by Crippen LogP contribution is 2.59. The van der Waals surface area contributed by atoms with Crippen LogP contribution in [0.5, 0.6) is 0 Å². The maximum absolute atomic E-state index is 13.0. The van der Waals surface area contributed by atoms with Crippen molar-refractivity contribution in [3.8, 4) is 5.69 Å². The Morgan fingerprint density at radius 3 is 2.48 bits per heavy atom. The minimum Gasteiger partial charge on any atom is -0.481 e. The molecule has 2 fully saturated rings. The van der Waals surface area contributed by atoms with Crippen LogP contribution >= 0.6 is 0 Å². The molecule has 0 radical (unpaired) electrons. The number of carbonyl (C=O) groups excluding carboxylic acids is 1. The Labute approximate surface area is 143 Å². The third kappa shape index (κ3) is 2.77. The van der Waals surface area contributed by atoms with Gasteiger partial charge in [0.05, 0.1) is 17.8 Å². The normalized spacial score (nSPS) is 21.3. The summed E-state index contributed by atoms with van der Waals surface area (Å²) in [7, 11) is 0. The molecule has 0 bridgehead atoms. The van der Waals surface area contributed by atoms with Gasteiger partial charge in [-0.1, -0.05) is 0 Å². The van der Waals surface area contributed by atoms with E-state index in [-0.39, 0.29) is 28.8 Å². The van der Waals surface area contributed by atoms with E-state index in [0.29, 0.717) is 38.0 Å². The Kier molecular flexibility index (Phi) is 3.55. The second kappa shape index (κ2) is 5.65. The van der Waals surface area contributed by atoms with Crippen molar-refractivity contribution < 1.29 is 19.1 Å². The number of halogens is 1. The molecule has 4 rings (SSSR count). The first-order chi connectivity index (χ1) is 12.0. The van der Waals surface area contributed by atoms with Gasteiger partial charge >= 0.3 is 5.97 Å². The van der Waals surface area contributed by atoms with E-state index in [1.54, 1.807) is 4.90 Å². The molecule has 1 amide bonds. The Morgan fingerprint density at radius 2 is 1.88 bits per heavy atom. The Morgan fingerprint density at radius 1 is 1.20 bits per heavy atom. The minimum atomic E-state index is -0.734. The maximum Gasteiger partial charge on any atom is 0.307 e. The van der Waals surface area contributed by atoms with Crippen LogP contribution in [-0.2, 0) is 4.79 Å². The molecule has 1 atom stereocenters. The standard InChI is InChI=1S/C17H17FN4O3/c18-11-1-3-12(4-2-11)22-19-10-14(20-22)15(23)21-7-5-17(6-8-21)9-13(17)16(24)25/h1-4,10,13H,5-9H2,(H,24,25). The lowest BCUT2D eigenvalue weighted by molar-refractivity contribution is -0.139.